The van der Waals surface area contributed by atoms with Crippen LogP contribution in [0.5, 0.6) is 17.2 Å². The quantitative estimate of drug-likeness (QED) is 0.699. The van der Waals surface area contributed by atoms with E-state index < -0.39 is 18.0 Å². The molecule has 0 saturated heterocycles. The lowest BCUT2D eigenvalue weighted by Crippen LogP contribution is -2.30. The topological polar surface area (TPSA) is 83.1 Å². The van der Waals surface area contributed by atoms with Gasteiger partial charge in [-0.3, -0.25) is 4.79 Å². The molecule has 7 heteroatoms. The van der Waals surface area contributed by atoms with Gasteiger partial charge in [-0.2, -0.15) is 0 Å². The smallest absolute Gasteiger partial charge is 0.339 e. The third kappa shape index (κ3) is 4.94. The molecule has 0 aliphatic carbocycles. The molecule has 2 aromatic carbocycles. The number of rotatable bonds is 8. The van der Waals surface area contributed by atoms with Crippen molar-refractivity contribution < 1.29 is 28.5 Å². The lowest BCUT2D eigenvalue weighted by molar-refractivity contribution is -0.123. The maximum Gasteiger partial charge on any atom is 0.339 e. The highest BCUT2D eigenvalue weighted by atomic mass is 16.5. The molecule has 0 unspecified atom stereocenters. The van der Waals surface area contributed by atoms with E-state index in [9.17, 15) is 9.59 Å². The predicted octanol–water partition coefficient (Wildman–Crippen LogP) is 3.46. The molecule has 0 fully saturated rings. The van der Waals surface area contributed by atoms with E-state index >= 15 is 0 Å². The van der Waals surface area contributed by atoms with Gasteiger partial charge in [0.25, 0.3) is 5.91 Å². The molecule has 1 N–H and O–H groups in total. The normalized spacial score (nSPS) is 11.3. The molecule has 0 aliphatic rings. The van der Waals surface area contributed by atoms with Crippen LogP contribution < -0.4 is 19.5 Å². The van der Waals surface area contributed by atoms with Gasteiger partial charge in [0, 0.05) is 5.69 Å². The molecular formula is C21H25NO6. The number of methoxy groups -OCH3 is 3. The fourth-order valence-electron chi connectivity index (χ4n) is 2.55. The summed E-state index contributed by atoms with van der Waals surface area (Å²) in [6, 6.07) is 10.4. The second-order valence-corrected chi connectivity index (χ2v) is 6.00. The summed E-state index contributed by atoms with van der Waals surface area (Å²) >= 11 is 0. The number of ether oxygens (including phenoxy) is 4. The lowest BCUT2D eigenvalue weighted by atomic mass is 10.1. The number of esters is 1. The second kappa shape index (κ2) is 9.64. The molecule has 0 spiro atoms. The summed E-state index contributed by atoms with van der Waals surface area (Å²) in [6.45, 7) is 3.56. The van der Waals surface area contributed by atoms with Crippen LogP contribution >= 0.6 is 0 Å². The Balaban J connectivity index is 2.09. The van der Waals surface area contributed by atoms with Crippen LogP contribution in [0.4, 0.5) is 5.69 Å². The molecule has 0 aliphatic heterocycles. The highest BCUT2D eigenvalue weighted by molar-refractivity contribution is 5.97. The van der Waals surface area contributed by atoms with E-state index in [0.29, 0.717) is 22.9 Å². The minimum absolute atomic E-state index is 0.182. The molecule has 1 amide bonds. The van der Waals surface area contributed by atoms with Crippen molar-refractivity contribution >= 4 is 17.6 Å². The molecule has 2 aromatic rings. The van der Waals surface area contributed by atoms with Gasteiger partial charge in [-0.1, -0.05) is 19.1 Å². The third-order valence-electron chi connectivity index (χ3n) is 4.18. The van der Waals surface area contributed by atoms with Gasteiger partial charge in [-0.05, 0) is 43.2 Å². The fourth-order valence-corrected chi connectivity index (χ4v) is 2.55. The number of hydrogen-bond acceptors (Lipinski definition) is 6. The zero-order valence-electron chi connectivity index (χ0n) is 16.7. The van der Waals surface area contributed by atoms with E-state index in [4.69, 9.17) is 18.9 Å². The Morgan fingerprint density at radius 3 is 2.00 bits per heavy atom. The molecule has 0 radical (unpaired) electrons. The first-order valence-electron chi connectivity index (χ1n) is 8.84. The number of benzene rings is 2. The summed E-state index contributed by atoms with van der Waals surface area (Å²) in [4.78, 5) is 24.8. The zero-order chi connectivity index (χ0) is 20.7. The largest absolute Gasteiger partial charge is 0.493 e. The first kappa shape index (κ1) is 21.1. The summed E-state index contributed by atoms with van der Waals surface area (Å²) in [5, 5.41) is 2.73. The lowest BCUT2D eigenvalue weighted by Gasteiger charge is -2.16. The Morgan fingerprint density at radius 2 is 1.54 bits per heavy atom. The molecule has 7 nitrogen and oxygen atoms in total. The van der Waals surface area contributed by atoms with Crippen molar-refractivity contribution in [3.8, 4) is 17.2 Å². The zero-order valence-corrected chi connectivity index (χ0v) is 16.7. The van der Waals surface area contributed by atoms with Crippen LogP contribution in [0, 0.1) is 0 Å². The molecule has 1 atom stereocenters. The number of carbonyl (C=O) groups excluding carboxylic acids is 2. The highest BCUT2D eigenvalue weighted by Crippen LogP contribution is 2.38. The van der Waals surface area contributed by atoms with Crippen molar-refractivity contribution in [1.82, 2.24) is 0 Å². The number of carbonyl (C=O) groups is 2. The van der Waals surface area contributed by atoms with E-state index in [1.807, 2.05) is 24.3 Å². The van der Waals surface area contributed by atoms with Gasteiger partial charge in [0.15, 0.2) is 17.6 Å². The SMILES string of the molecule is CCc1ccc(NC(=O)[C@@H](C)OC(=O)c2cc(OC)c(OC)c(OC)c2)cc1. The van der Waals surface area contributed by atoms with Crippen LogP contribution in [-0.2, 0) is 16.0 Å². The first-order chi connectivity index (χ1) is 13.4. The Hall–Kier alpha value is -3.22. The molecule has 150 valence electrons. The monoisotopic (exact) mass is 387 g/mol. The van der Waals surface area contributed by atoms with Gasteiger partial charge < -0.3 is 24.3 Å². The fraction of sp³-hybridized carbons (Fsp3) is 0.333. The van der Waals surface area contributed by atoms with Gasteiger partial charge in [-0.25, -0.2) is 4.79 Å². The molecule has 0 saturated carbocycles. The van der Waals surface area contributed by atoms with Crippen LogP contribution in [0.3, 0.4) is 0 Å². The van der Waals surface area contributed by atoms with Crippen molar-refractivity contribution in [3.63, 3.8) is 0 Å². The Labute approximate surface area is 164 Å². The standard InChI is InChI=1S/C21H25NO6/c1-6-14-7-9-16(10-8-14)22-20(23)13(2)28-21(24)15-11-17(25-3)19(27-5)18(12-15)26-4/h7-13H,6H2,1-5H3,(H,22,23)/t13-/m1/s1. The summed E-state index contributed by atoms with van der Waals surface area (Å²) in [7, 11) is 4.37. The van der Waals surface area contributed by atoms with E-state index in [-0.39, 0.29) is 5.56 Å². The van der Waals surface area contributed by atoms with Crippen molar-refractivity contribution in [1.29, 1.82) is 0 Å². The number of aryl methyl sites for hydroxylation is 1. The average molecular weight is 387 g/mol. The Kier molecular flexibility index (Phi) is 7.26. The van der Waals surface area contributed by atoms with E-state index in [2.05, 4.69) is 12.2 Å². The van der Waals surface area contributed by atoms with E-state index in [1.54, 1.807) is 0 Å². The minimum Gasteiger partial charge on any atom is -0.493 e. The Bertz CT molecular complexity index is 806. The van der Waals surface area contributed by atoms with E-state index in [0.717, 1.165) is 6.42 Å². The molecular weight excluding hydrogens is 362 g/mol. The summed E-state index contributed by atoms with van der Waals surface area (Å²) in [5.74, 6) is -0.0972. The number of hydrogen-bond donors (Lipinski definition) is 1. The number of anilines is 1. The van der Waals surface area contributed by atoms with Gasteiger partial charge in [0.05, 0.1) is 26.9 Å². The van der Waals surface area contributed by atoms with Gasteiger partial charge in [0.2, 0.25) is 5.75 Å². The Morgan fingerprint density at radius 1 is 0.964 bits per heavy atom. The molecule has 0 bridgehead atoms. The van der Waals surface area contributed by atoms with Crippen molar-refractivity contribution in [2.24, 2.45) is 0 Å². The minimum atomic E-state index is -0.988. The van der Waals surface area contributed by atoms with Gasteiger partial charge in [-0.15, -0.1) is 0 Å². The van der Waals surface area contributed by atoms with Crippen LogP contribution in [0.15, 0.2) is 36.4 Å². The molecule has 2 rings (SSSR count). The predicted molar refractivity (Wildman–Crippen MR) is 105 cm³/mol. The second-order valence-electron chi connectivity index (χ2n) is 6.00. The molecule has 0 heterocycles. The van der Waals surface area contributed by atoms with Crippen molar-refractivity contribution in [2.75, 3.05) is 26.6 Å². The molecule has 0 aromatic heterocycles. The van der Waals surface area contributed by atoms with Crippen LogP contribution in [0.25, 0.3) is 0 Å². The van der Waals surface area contributed by atoms with Crippen molar-refractivity contribution in [3.05, 3.63) is 47.5 Å². The summed E-state index contributed by atoms with van der Waals surface area (Å²) in [5.41, 5.74) is 1.99. The first-order valence-corrected chi connectivity index (χ1v) is 8.84. The van der Waals surface area contributed by atoms with Crippen molar-refractivity contribution in [2.45, 2.75) is 26.4 Å². The maximum atomic E-state index is 12.5. The van der Waals surface area contributed by atoms with Crippen LogP contribution in [0.2, 0.25) is 0 Å². The van der Waals surface area contributed by atoms with Crippen LogP contribution in [-0.4, -0.2) is 39.3 Å². The third-order valence-corrected chi connectivity index (χ3v) is 4.18. The van der Waals surface area contributed by atoms with Gasteiger partial charge in [0.1, 0.15) is 0 Å². The highest BCUT2D eigenvalue weighted by Gasteiger charge is 2.22. The van der Waals surface area contributed by atoms with Gasteiger partial charge >= 0.3 is 5.97 Å². The summed E-state index contributed by atoms with van der Waals surface area (Å²) in [6.07, 6.45) is -0.0748. The number of nitrogens with one attached hydrogen (secondary N) is 1. The summed E-state index contributed by atoms with van der Waals surface area (Å²) < 4.78 is 21.0. The molecule has 28 heavy (non-hydrogen) atoms. The average Bonchev–Trinajstić information content (AvgIpc) is 2.72. The van der Waals surface area contributed by atoms with Crippen LogP contribution in [0.1, 0.15) is 29.8 Å². The van der Waals surface area contributed by atoms with E-state index in [1.165, 1.54) is 45.9 Å². The number of amides is 1. The maximum absolute atomic E-state index is 12.5.